The molecule has 1 aliphatic heterocycles. The van der Waals surface area contributed by atoms with Crippen LogP contribution in [0.5, 0.6) is 5.75 Å². The molecule has 228 valence electrons. The summed E-state index contributed by atoms with van der Waals surface area (Å²) in [7, 11) is 13.2. The SMILES string of the molecule is [B][C@@]12C[C@@H]3Cc4c(N(C)C)cc(CNC(=O)C5CCCN5)c(O)c4C(O)=C3C(=O)[C@]1(O)C(O)=C(C(N)=O)C(=O)C2N(C)C. The van der Waals surface area contributed by atoms with E-state index in [1.165, 1.54) is 19.0 Å². The predicted molar refractivity (Wildman–Crippen MR) is 156 cm³/mol. The van der Waals surface area contributed by atoms with Gasteiger partial charge in [-0.1, -0.05) is 0 Å². The molecule has 14 heteroatoms. The molecule has 1 saturated carbocycles. The van der Waals surface area contributed by atoms with E-state index in [1.54, 1.807) is 25.1 Å². The summed E-state index contributed by atoms with van der Waals surface area (Å²) in [6.45, 7) is 0.667. The third kappa shape index (κ3) is 4.26. The number of phenolic OH excluding ortho intramolecular Hbond substituents is 1. The second kappa shape index (κ2) is 10.4. The maximum Gasteiger partial charge on any atom is 0.255 e. The molecule has 1 aromatic carbocycles. The molecule has 5 atom stereocenters. The van der Waals surface area contributed by atoms with Crippen LogP contribution in [0.15, 0.2) is 23.0 Å². The second-order valence-electron chi connectivity index (χ2n) is 12.3. The zero-order valence-electron chi connectivity index (χ0n) is 24.5. The maximum atomic E-state index is 14.2. The van der Waals surface area contributed by atoms with Crippen molar-refractivity contribution in [1.29, 1.82) is 0 Å². The molecule has 8 N–H and O–H groups in total. The van der Waals surface area contributed by atoms with E-state index in [1.807, 2.05) is 0 Å². The number of ketones is 2. The molecule has 2 fully saturated rings. The highest BCUT2D eigenvalue weighted by Crippen LogP contribution is 2.62. The lowest BCUT2D eigenvalue weighted by molar-refractivity contribution is -0.151. The molecular weight excluding hydrogens is 557 g/mol. The van der Waals surface area contributed by atoms with Crippen molar-refractivity contribution in [1.82, 2.24) is 15.5 Å². The van der Waals surface area contributed by atoms with Crippen LogP contribution in [0.1, 0.15) is 36.0 Å². The van der Waals surface area contributed by atoms with Crippen LogP contribution in [0.25, 0.3) is 5.76 Å². The average molecular weight is 593 g/mol. The standard InChI is InChI=1S/C29H36BN5O8/c1-34(2)16-9-13(11-33-27(42)15-6-5-7-32-15)20(36)18-14(16)8-12-10-28(30)23(35(3)4)22(38)19(26(31)41)25(40)29(28,43)24(39)17(12)21(18)37/h9,12,15,23,32,36-37,40,43H,5-8,10-11H2,1-4H3,(H2,31,41)(H,33,42)/t12-,15?,23?,28+,29-/m0/s1. The number of anilines is 1. The zero-order chi connectivity index (χ0) is 31.8. The van der Waals surface area contributed by atoms with Crippen molar-refractivity contribution in [3.05, 3.63) is 39.7 Å². The number of carbonyl (C=O) groups is 4. The summed E-state index contributed by atoms with van der Waals surface area (Å²) in [5.74, 6) is -6.82. The highest BCUT2D eigenvalue weighted by atomic mass is 16.3. The summed E-state index contributed by atoms with van der Waals surface area (Å²) in [6.07, 6.45) is 1.39. The van der Waals surface area contributed by atoms with Crippen molar-refractivity contribution < 1.29 is 39.6 Å². The molecule has 3 aliphatic carbocycles. The summed E-state index contributed by atoms with van der Waals surface area (Å²) >= 11 is 0. The Bertz CT molecular complexity index is 1510. The topological polar surface area (TPSA) is 206 Å². The van der Waals surface area contributed by atoms with Crippen molar-refractivity contribution in [2.75, 3.05) is 39.6 Å². The molecule has 2 radical (unpaired) electrons. The van der Waals surface area contributed by atoms with Crippen LogP contribution >= 0.6 is 0 Å². The van der Waals surface area contributed by atoms with Gasteiger partial charge in [-0.15, -0.1) is 0 Å². The number of likely N-dealkylation sites (N-methyl/N-ethyl adjacent to an activating group) is 1. The number of fused-ring (bicyclic) bond motifs is 3. The minimum absolute atomic E-state index is 0.0585. The number of rotatable bonds is 6. The largest absolute Gasteiger partial charge is 0.508 e. The van der Waals surface area contributed by atoms with E-state index >= 15 is 0 Å². The van der Waals surface area contributed by atoms with Gasteiger partial charge in [-0.2, -0.15) is 0 Å². The number of primary amides is 1. The van der Waals surface area contributed by atoms with Gasteiger partial charge in [0.15, 0.2) is 11.4 Å². The van der Waals surface area contributed by atoms with E-state index in [-0.39, 0.29) is 53.8 Å². The fourth-order valence-electron chi connectivity index (χ4n) is 7.31. The van der Waals surface area contributed by atoms with Crippen molar-refractivity contribution >= 4 is 42.7 Å². The Hall–Kier alpha value is -3.88. The van der Waals surface area contributed by atoms with Crippen molar-refractivity contribution in [2.24, 2.45) is 11.7 Å². The van der Waals surface area contributed by atoms with E-state index in [4.69, 9.17) is 13.6 Å². The number of hydrogen-bond acceptors (Lipinski definition) is 11. The van der Waals surface area contributed by atoms with Crippen molar-refractivity contribution in [2.45, 2.75) is 55.2 Å². The molecule has 2 unspecified atom stereocenters. The van der Waals surface area contributed by atoms with Crippen LogP contribution in [-0.4, -0.2) is 109 Å². The van der Waals surface area contributed by atoms with Gasteiger partial charge in [0.2, 0.25) is 11.7 Å². The summed E-state index contributed by atoms with van der Waals surface area (Å²) in [5, 5.41) is 49.8. The number of aromatic hydroxyl groups is 1. The van der Waals surface area contributed by atoms with Gasteiger partial charge in [-0.05, 0) is 69.2 Å². The number of amides is 2. The van der Waals surface area contributed by atoms with E-state index in [0.717, 1.165) is 13.0 Å². The van der Waals surface area contributed by atoms with Crippen molar-refractivity contribution in [3.63, 3.8) is 0 Å². The fraction of sp³-hybridized carbons (Fsp3) is 0.517. The highest BCUT2D eigenvalue weighted by molar-refractivity contribution is 6.33. The number of carbonyl (C=O) groups excluding carboxylic acids is 4. The normalized spacial score (nSPS) is 30.2. The lowest BCUT2D eigenvalue weighted by Gasteiger charge is -2.57. The predicted octanol–water partition coefficient (Wildman–Crippen LogP) is -0.891. The third-order valence-corrected chi connectivity index (χ3v) is 9.28. The molecule has 1 aromatic rings. The quantitative estimate of drug-likeness (QED) is 0.159. The Kier molecular flexibility index (Phi) is 7.39. The Morgan fingerprint density at radius 1 is 1.19 bits per heavy atom. The molecule has 43 heavy (non-hydrogen) atoms. The van der Waals surface area contributed by atoms with Gasteiger partial charge >= 0.3 is 0 Å². The number of aliphatic hydroxyl groups is 3. The third-order valence-electron chi connectivity index (χ3n) is 9.28. The first kappa shape index (κ1) is 30.6. The van der Waals surface area contributed by atoms with Gasteiger partial charge in [0.25, 0.3) is 5.91 Å². The van der Waals surface area contributed by atoms with Gasteiger partial charge in [0.1, 0.15) is 22.8 Å². The molecule has 13 nitrogen and oxygen atoms in total. The van der Waals surface area contributed by atoms with E-state index in [2.05, 4.69) is 10.6 Å². The van der Waals surface area contributed by atoms with Crippen LogP contribution in [0, 0.1) is 5.92 Å². The molecule has 0 spiro atoms. The van der Waals surface area contributed by atoms with Crippen LogP contribution in [0.3, 0.4) is 0 Å². The molecular formula is C29H36BN5O8. The second-order valence-corrected chi connectivity index (χ2v) is 12.3. The molecule has 4 aliphatic rings. The molecule has 0 bridgehead atoms. The van der Waals surface area contributed by atoms with Crippen LogP contribution in [0.4, 0.5) is 5.69 Å². The Morgan fingerprint density at radius 3 is 2.42 bits per heavy atom. The average Bonchev–Trinajstić information content (AvgIpc) is 3.45. The molecule has 2 amide bonds. The van der Waals surface area contributed by atoms with Crippen LogP contribution < -0.4 is 21.3 Å². The number of aliphatic hydroxyl groups excluding tert-OH is 2. The van der Waals surface area contributed by atoms with Gasteiger partial charge < -0.3 is 41.7 Å². The number of phenols is 1. The molecule has 1 heterocycles. The van der Waals surface area contributed by atoms with E-state index in [9.17, 15) is 39.6 Å². The molecule has 1 saturated heterocycles. The lowest BCUT2D eigenvalue weighted by atomic mass is 9.41. The van der Waals surface area contributed by atoms with Crippen LogP contribution in [0.2, 0.25) is 5.31 Å². The Balaban J connectivity index is 1.66. The first-order valence-corrected chi connectivity index (χ1v) is 14.1. The van der Waals surface area contributed by atoms with Gasteiger partial charge in [0, 0.05) is 37.5 Å². The molecule has 5 rings (SSSR count). The van der Waals surface area contributed by atoms with Crippen molar-refractivity contribution in [3.8, 4) is 5.75 Å². The zero-order valence-corrected chi connectivity index (χ0v) is 24.5. The Morgan fingerprint density at radius 2 is 1.86 bits per heavy atom. The highest BCUT2D eigenvalue weighted by Gasteiger charge is 2.69. The summed E-state index contributed by atoms with van der Waals surface area (Å²) in [4.78, 5) is 55.5. The lowest BCUT2D eigenvalue weighted by Crippen LogP contribution is -2.69. The summed E-state index contributed by atoms with van der Waals surface area (Å²) in [6, 6.07) is -0.0815. The number of hydrogen-bond donors (Lipinski definition) is 7. The fourth-order valence-corrected chi connectivity index (χ4v) is 7.31. The molecule has 0 aromatic heterocycles. The maximum absolute atomic E-state index is 14.2. The van der Waals surface area contributed by atoms with Gasteiger partial charge in [-0.3, -0.25) is 24.1 Å². The number of Topliss-reactive ketones (excluding diaryl/α,β-unsaturated/α-hetero) is 2. The number of nitrogens with zero attached hydrogens (tertiary/aromatic N) is 2. The summed E-state index contributed by atoms with van der Waals surface area (Å²) in [5.41, 5.74) is 2.45. The Labute approximate surface area is 249 Å². The smallest absolute Gasteiger partial charge is 0.255 e. The summed E-state index contributed by atoms with van der Waals surface area (Å²) < 4.78 is 0. The minimum atomic E-state index is -2.99. The number of nitrogens with two attached hydrogens (primary N) is 1. The monoisotopic (exact) mass is 593 g/mol. The van der Waals surface area contributed by atoms with Gasteiger partial charge in [-0.25, -0.2) is 0 Å². The first-order chi connectivity index (χ1) is 20.1. The minimum Gasteiger partial charge on any atom is -0.508 e. The van der Waals surface area contributed by atoms with E-state index in [0.29, 0.717) is 17.7 Å². The van der Waals surface area contributed by atoms with E-state index < -0.39 is 57.4 Å². The number of benzene rings is 1. The first-order valence-electron chi connectivity index (χ1n) is 14.1. The number of nitrogens with one attached hydrogen (secondary N) is 2. The van der Waals surface area contributed by atoms with Crippen LogP contribution in [-0.2, 0) is 32.1 Å². The van der Waals surface area contributed by atoms with Gasteiger partial charge in [0.05, 0.1) is 25.5 Å².